The minimum absolute atomic E-state index is 0.0371. The van der Waals surface area contributed by atoms with Crippen LogP contribution in [0.3, 0.4) is 0 Å². The zero-order chi connectivity index (χ0) is 25.1. The SMILES string of the molecule is O=C(Nc1ccc(Cl)c(F)c1)OC(CN1CCOC(c2cccc(C(F)(F)F)c2)C1)C(F)(F)F. The summed E-state index contributed by atoms with van der Waals surface area (Å²) in [4.78, 5) is 13.3. The minimum atomic E-state index is -4.94. The molecule has 3 rings (SSSR count). The molecule has 1 heterocycles. The van der Waals surface area contributed by atoms with Gasteiger partial charge in [0.25, 0.3) is 0 Å². The largest absolute Gasteiger partial charge is 0.435 e. The Labute approximate surface area is 194 Å². The summed E-state index contributed by atoms with van der Waals surface area (Å²) in [5, 5.41) is 1.75. The molecule has 0 radical (unpaired) electrons. The van der Waals surface area contributed by atoms with Gasteiger partial charge in [-0.2, -0.15) is 26.3 Å². The molecular weight excluding hydrogens is 497 g/mol. The average molecular weight is 515 g/mol. The third kappa shape index (κ3) is 6.97. The lowest BCUT2D eigenvalue weighted by Crippen LogP contribution is -2.48. The van der Waals surface area contributed by atoms with Gasteiger partial charge in [-0.1, -0.05) is 23.7 Å². The first-order chi connectivity index (χ1) is 15.8. The van der Waals surface area contributed by atoms with E-state index in [0.29, 0.717) is 0 Å². The molecule has 1 N–H and O–H groups in total. The third-order valence-corrected chi connectivity index (χ3v) is 5.25. The second-order valence-electron chi connectivity index (χ2n) is 7.43. The summed E-state index contributed by atoms with van der Waals surface area (Å²) in [5.74, 6) is -0.888. The van der Waals surface area contributed by atoms with E-state index < -0.39 is 48.6 Å². The predicted octanol–water partition coefficient (Wildman–Crippen LogP) is 6.05. The van der Waals surface area contributed by atoms with Crippen molar-refractivity contribution in [2.24, 2.45) is 0 Å². The highest BCUT2D eigenvalue weighted by molar-refractivity contribution is 6.30. The number of alkyl halides is 6. The minimum Gasteiger partial charge on any atom is -0.435 e. The normalized spacial score (nSPS) is 18.4. The molecule has 2 aromatic carbocycles. The van der Waals surface area contributed by atoms with E-state index in [2.05, 4.69) is 4.74 Å². The van der Waals surface area contributed by atoms with Crippen LogP contribution < -0.4 is 5.32 Å². The standard InChI is InChI=1S/C21H18ClF7N2O3/c22-15-5-4-14(9-16(15)23)30-19(32)34-18(21(27,28)29)11-31-6-7-33-17(10-31)12-2-1-3-13(8-12)20(24,25)26/h1-5,8-9,17-18H,6-7,10-11H2,(H,30,32). The van der Waals surface area contributed by atoms with Crippen molar-refractivity contribution >= 4 is 23.4 Å². The van der Waals surface area contributed by atoms with E-state index in [4.69, 9.17) is 16.3 Å². The van der Waals surface area contributed by atoms with Crippen LogP contribution in [0.2, 0.25) is 5.02 Å². The molecule has 0 spiro atoms. The quantitative estimate of drug-likeness (QED) is 0.494. The molecule has 0 aliphatic carbocycles. The lowest BCUT2D eigenvalue weighted by atomic mass is 10.0. The van der Waals surface area contributed by atoms with Gasteiger partial charge in [0.15, 0.2) is 0 Å². The first-order valence-electron chi connectivity index (χ1n) is 9.83. The van der Waals surface area contributed by atoms with Crippen molar-refractivity contribution in [3.8, 4) is 0 Å². The van der Waals surface area contributed by atoms with Crippen molar-refractivity contribution in [3.05, 3.63) is 64.4 Å². The molecule has 13 heteroatoms. The maximum atomic E-state index is 13.5. The Morgan fingerprint density at radius 3 is 2.56 bits per heavy atom. The van der Waals surface area contributed by atoms with Gasteiger partial charge in [-0.25, -0.2) is 9.18 Å². The van der Waals surface area contributed by atoms with Crippen molar-refractivity contribution < 1.29 is 45.0 Å². The molecule has 1 amide bonds. The highest BCUT2D eigenvalue weighted by Gasteiger charge is 2.44. The van der Waals surface area contributed by atoms with Crippen molar-refractivity contribution in [1.82, 2.24) is 4.90 Å². The fourth-order valence-electron chi connectivity index (χ4n) is 3.28. The molecule has 2 aromatic rings. The van der Waals surface area contributed by atoms with E-state index in [0.717, 1.165) is 24.3 Å². The van der Waals surface area contributed by atoms with E-state index in [1.807, 2.05) is 5.32 Å². The number of nitrogens with zero attached hydrogens (tertiary/aromatic N) is 1. The van der Waals surface area contributed by atoms with Crippen LogP contribution in [0.1, 0.15) is 17.2 Å². The summed E-state index contributed by atoms with van der Waals surface area (Å²) in [6.07, 6.45) is -14.4. The first kappa shape index (κ1) is 26.0. The Morgan fingerprint density at radius 2 is 1.91 bits per heavy atom. The van der Waals surface area contributed by atoms with Crippen LogP contribution >= 0.6 is 11.6 Å². The Kier molecular flexibility index (Phi) is 7.94. The van der Waals surface area contributed by atoms with E-state index >= 15 is 0 Å². The van der Waals surface area contributed by atoms with Crippen LogP contribution in [0.4, 0.5) is 41.2 Å². The molecular formula is C21H18ClF7N2O3. The van der Waals surface area contributed by atoms with Gasteiger partial charge in [-0.05, 0) is 35.9 Å². The zero-order valence-corrected chi connectivity index (χ0v) is 18.0. The molecule has 1 saturated heterocycles. The second kappa shape index (κ2) is 10.4. The van der Waals surface area contributed by atoms with Crippen LogP contribution in [0, 0.1) is 5.82 Å². The van der Waals surface area contributed by atoms with Crippen molar-refractivity contribution in [3.63, 3.8) is 0 Å². The second-order valence-corrected chi connectivity index (χ2v) is 7.84. The summed E-state index contributed by atoms with van der Waals surface area (Å²) < 4.78 is 103. The number of nitrogens with one attached hydrogen (secondary N) is 1. The smallest absolute Gasteiger partial charge is 0.426 e. The number of benzene rings is 2. The molecule has 2 atom stereocenters. The van der Waals surface area contributed by atoms with Crippen molar-refractivity contribution in [1.29, 1.82) is 0 Å². The highest BCUT2D eigenvalue weighted by Crippen LogP contribution is 2.33. The van der Waals surface area contributed by atoms with Gasteiger partial charge in [0, 0.05) is 25.3 Å². The molecule has 1 fully saturated rings. The van der Waals surface area contributed by atoms with Crippen LogP contribution in [-0.4, -0.2) is 49.5 Å². The molecule has 1 aliphatic rings. The number of anilines is 1. The maximum Gasteiger partial charge on any atom is 0.426 e. The van der Waals surface area contributed by atoms with Crippen LogP contribution in [-0.2, 0) is 15.7 Å². The molecule has 1 aliphatic heterocycles. The van der Waals surface area contributed by atoms with Gasteiger partial charge >= 0.3 is 18.4 Å². The van der Waals surface area contributed by atoms with Crippen LogP contribution in [0.5, 0.6) is 0 Å². The van der Waals surface area contributed by atoms with Crippen LogP contribution in [0.25, 0.3) is 0 Å². The highest BCUT2D eigenvalue weighted by atomic mass is 35.5. The Morgan fingerprint density at radius 1 is 1.18 bits per heavy atom. The van der Waals surface area contributed by atoms with E-state index in [9.17, 15) is 35.5 Å². The average Bonchev–Trinajstić information content (AvgIpc) is 2.75. The van der Waals surface area contributed by atoms with Gasteiger partial charge in [0.05, 0.1) is 23.3 Å². The number of rotatable bonds is 5. The van der Waals surface area contributed by atoms with Crippen LogP contribution in [0.15, 0.2) is 42.5 Å². The third-order valence-electron chi connectivity index (χ3n) is 4.94. The molecule has 0 aromatic heterocycles. The maximum absolute atomic E-state index is 13.5. The summed E-state index contributed by atoms with van der Waals surface area (Å²) in [6, 6.07) is 7.43. The Balaban J connectivity index is 1.66. The summed E-state index contributed by atoms with van der Waals surface area (Å²) >= 11 is 5.52. The Hall–Kier alpha value is -2.57. The summed E-state index contributed by atoms with van der Waals surface area (Å²) in [6.45, 7) is -0.927. The molecule has 34 heavy (non-hydrogen) atoms. The zero-order valence-electron chi connectivity index (χ0n) is 17.2. The van der Waals surface area contributed by atoms with E-state index in [1.54, 1.807) is 0 Å². The Bertz CT molecular complexity index is 1020. The number of hydrogen-bond donors (Lipinski definition) is 1. The van der Waals surface area contributed by atoms with Gasteiger partial charge in [-0.15, -0.1) is 0 Å². The molecule has 0 bridgehead atoms. The number of hydrogen-bond acceptors (Lipinski definition) is 4. The van der Waals surface area contributed by atoms with Gasteiger partial charge < -0.3 is 9.47 Å². The molecule has 186 valence electrons. The fraction of sp³-hybridized carbons (Fsp3) is 0.381. The summed E-state index contributed by atoms with van der Waals surface area (Å²) in [7, 11) is 0. The number of morpholine rings is 1. The number of ether oxygens (including phenoxy) is 2. The monoisotopic (exact) mass is 514 g/mol. The summed E-state index contributed by atoms with van der Waals surface area (Å²) in [5.41, 5.74) is -0.909. The number of carbonyl (C=O) groups is 1. The number of carbonyl (C=O) groups excluding carboxylic acids is 1. The topological polar surface area (TPSA) is 50.8 Å². The molecule has 0 saturated carbocycles. The number of halogens is 8. The van der Waals surface area contributed by atoms with Crippen molar-refractivity contribution in [2.75, 3.05) is 31.6 Å². The van der Waals surface area contributed by atoms with Gasteiger partial charge in [-0.3, -0.25) is 10.2 Å². The predicted molar refractivity (Wildman–Crippen MR) is 108 cm³/mol. The fourth-order valence-corrected chi connectivity index (χ4v) is 3.40. The lowest BCUT2D eigenvalue weighted by molar-refractivity contribution is -0.209. The van der Waals surface area contributed by atoms with E-state index in [-0.39, 0.29) is 36.0 Å². The first-order valence-corrected chi connectivity index (χ1v) is 10.2. The lowest BCUT2D eigenvalue weighted by Gasteiger charge is -2.35. The molecule has 2 unspecified atom stereocenters. The van der Waals surface area contributed by atoms with E-state index in [1.165, 1.54) is 23.1 Å². The molecule has 5 nitrogen and oxygen atoms in total. The number of amides is 1. The van der Waals surface area contributed by atoms with Gasteiger partial charge in [0.2, 0.25) is 6.10 Å². The van der Waals surface area contributed by atoms with Crippen molar-refractivity contribution in [2.45, 2.75) is 24.6 Å². The van der Waals surface area contributed by atoms with Gasteiger partial charge in [0.1, 0.15) is 5.82 Å².